The molecule has 1 heterocycles. The minimum Gasteiger partial charge on any atom is -0.321 e. The lowest BCUT2D eigenvalue weighted by molar-refractivity contribution is 0.0990. The molecule has 3 aromatic rings. The topological polar surface area (TPSA) is 49.9 Å². The number of nitrogens with one attached hydrogen (secondary N) is 1. The van der Waals surface area contributed by atoms with Crippen molar-refractivity contribution in [3.8, 4) is 11.1 Å². The Balaban J connectivity index is 2.48. The number of rotatable bonds is 3. The SMILES string of the molecule is CCC(=O)c1c(-c2ccccc2)c(=O)[nH]c2ccc(Cl)cc12. The summed E-state index contributed by atoms with van der Waals surface area (Å²) < 4.78 is 0. The number of aromatic amines is 1. The molecule has 0 atom stereocenters. The van der Waals surface area contributed by atoms with E-state index in [1.54, 1.807) is 25.1 Å². The van der Waals surface area contributed by atoms with E-state index in [-0.39, 0.29) is 11.3 Å². The molecular weight excluding hydrogens is 298 g/mol. The smallest absolute Gasteiger partial charge is 0.257 e. The van der Waals surface area contributed by atoms with Gasteiger partial charge in [0.15, 0.2) is 5.78 Å². The third-order valence-electron chi connectivity index (χ3n) is 3.64. The number of Topliss-reactive ketones (excluding diaryl/α,β-unsaturated/α-hetero) is 1. The van der Waals surface area contributed by atoms with Crippen LogP contribution in [-0.4, -0.2) is 10.8 Å². The van der Waals surface area contributed by atoms with Crippen molar-refractivity contribution in [2.45, 2.75) is 13.3 Å². The highest BCUT2D eigenvalue weighted by Crippen LogP contribution is 2.29. The van der Waals surface area contributed by atoms with Crippen molar-refractivity contribution in [2.24, 2.45) is 0 Å². The van der Waals surface area contributed by atoms with Crippen molar-refractivity contribution < 1.29 is 4.79 Å². The van der Waals surface area contributed by atoms with E-state index in [0.29, 0.717) is 33.5 Å². The van der Waals surface area contributed by atoms with Crippen LogP contribution in [0.25, 0.3) is 22.0 Å². The number of halogens is 1. The fourth-order valence-corrected chi connectivity index (χ4v) is 2.78. The molecular formula is C18H14ClNO2. The second kappa shape index (κ2) is 5.78. The van der Waals surface area contributed by atoms with Gasteiger partial charge in [-0.05, 0) is 23.8 Å². The van der Waals surface area contributed by atoms with Gasteiger partial charge in [-0.1, -0.05) is 48.9 Å². The van der Waals surface area contributed by atoms with Crippen molar-refractivity contribution in [3.05, 3.63) is 69.5 Å². The number of pyridine rings is 1. The highest BCUT2D eigenvalue weighted by atomic mass is 35.5. The van der Waals surface area contributed by atoms with Crippen molar-refractivity contribution in [1.82, 2.24) is 4.98 Å². The first-order chi connectivity index (χ1) is 10.6. The zero-order valence-corrected chi connectivity index (χ0v) is 12.8. The van der Waals surface area contributed by atoms with E-state index in [9.17, 15) is 9.59 Å². The van der Waals surface area contributed by atoms with Gasteiger partial charge in [-0.2, -0.15) is 0 Å². The predicted octanol–water partition coefficient (Wildman–Crippen LogP) is 4.44. The maximum atomic E-state index is 12.5. The molecule has 0 aliphatic carbocycles. The molecule has 0 radical (unpaired) electrons. The summed E-state index contributed by atoms with van der Waals surface area (Å²) in [5.41, 5.74) is 1.92. The van der Waals surface area contributed by atoms with Crippen LogP contribution in [0, 0.1) is 0 Å². The second-order valence-corrected chi connectivity index (χ2v) is 5.47. The molecule has 2 aromatic carbocycles. The summed E-state index contributed by atoms with van der Waals surface area (Å²) in [7, 11) is 0. The quantitative estimate of drug-likeness (QED) is 0.727. The maximum absolute atomic E-state index is 12.5. The van der Waals surface area contributed by atoms with Crippen LogP contribution in [0.3, 0.4) is 0 Å². The summed E-state index contributed by atoms with van der Waals surface area (Å²) in [6.07, 6.45) is 0.324. The van der Waals surface area contributed by atoms with Crippen molar-refractivity contribution in [1.29, 1.82) is 0 Å². The largest absolute Gasteiger partial charge is 0.321 e. The van der Waals surface area contributed by atoms with Crippen LogP contribution in [0.4, 0.5) is 0 Å². The molecule has 1 aromatic heterocycles. The van der Waals surface area contributed by atoms with E-state index < -0.39 is 0 Å². The van der Waals surface area contributed by atoms with Gasteiger partial charge in [-0.3, -0.25) is 9.59 Å². The van der Waals surface area contributed by atoms with E-state index in [4.69, 9.17) is 11.6 Å². The van der Waals surface area contributed by atoms with E-state index in [1.807, 2.05) is 30.3 Å². The van der Waals surface area contributed by atoms with Gasteiger partial charge in [0.05, 0.1) is 5.56 Å². The van der Waals surface area contributed by atoms with E-state index >= 15 is 0 Å². The molecule has 22 heavy (non-hydrogen) atoms. The number of ketones is 1. The van der Waals surface area contributed by atoms with E-state index in [1.165, 1.54) is 0 Å². The zero-order valence-electron chi connectivity index (χ0n) is 12.0. The zero-order chi connectivity index (χ0) is 15.7. The summed E-state index contributed by atoms with van der Waals surface area (Å²) in [4.78, 5) is 27.8. The van der Waals surface area contributed by atoms with Gasteiger partial charge in [-0.25, -0.2) is 0 Å². The molecule has 0 unspecified atom stereocenters. The number of hydrogen-bond acceptors (Lipinski definition) is 2. The standard InChI is InChI=1S/C18H14ClNO2/c1-2-15(21)17-13-10-12(19)8-9-14(13)20-18(22)16(17)11-6-4-3-5-7-11/h3-10H,2H2,1H3,(H,20,22). The average Bonchev–Trinajstić information content (AvgIpc) is 2.54. The van der Waals surface area contributed by atoms with Crippen molar-refractivity contribution in [3.63, 3.8) is 0 Å². The van der Waals surface area contributed by atoms with Crippen LogP contribution < -0.4 is 5.56 Å². The first kappa shape index (κ1) is 14.5. The fraction of sp³-hybridized carbons (Fsp3) is 0.111. The number of carbonyl (C=O) groups excluding carboxylic acids is 1. The Labute approximate surface area is 132 Å². The first-order valence-corrected chi connectivity index (χ1v) is 7.43. The summed E-state index contributed by atoms with van der Waals surface area (Å²) in [6, 6.07) is 14.4. The van der Waals surface area contributed by atoms with Gasteiger partial charge in [0.25, 0.3) is 5.56 Å². The molecule has 0 amide bonds. The molecule has 0 saturated carbocycles. The average molecular weight is 312 g/mol. The van der Waals surface area contributed by atoms with Crippen LogP contribution in [-0.2, 0) is 0 Å². The molecule has 0 saturated heterocycles. The Hall–Kier alpha value is -2.39. The fourth-order valence-electron chi connectivity index (χ4n) is 2.61. The molecule has 0 fully saturated rings. The predicted molar refractivity (Wildman–Crippen MR) is 89.6 cm³/mol. The Kier molecular flexibility index (Phi) is 3.82. The van der Waals surface area contributed by atoms with Crippen LogP contribution >= 0.6 is 11.6 Å². The van der Waals surface area contributed by atoms with E-state index in [2.05, 4.69) is 4.98 Å². The Morgan fingerprint density at radius 1 is 1.14 bits per heavy atom. The summed E-state index contributed by atoms with van der Waals surface area (Å²) in [5, 5.41) is 1.21. The Morgan fingerprint density at radius 2 is 1.86 bits per heavy atom. The van der Waals surface area contributed by atoms with Crippen LogP contribution in [0.2, 0.25) is 5.02 Å². The molecule has 0 bridgehead atoms. The Morgan fingerprint density at radius 3 is 2.55 bits per heavy atom. The highest BCUT2D eigenvalue weighted by molar-refractivity contribution is 6.31. The van der Waals surface area contributed by atoms with E-state index in [0.717, 1.165) is 5.56 Å². The van der Waals surface area contributed by atoms with Crippen LogP contribution in [0.15, 0.2) is 53.3 Å². The molecule has 0 aliphatic heterocycles. The maximum Gasteiger partial charge on any atom is 0.257 e. The molecule has 1 N–H and O–H groups in total. The lowest BCUT2D eigenvalue weighted by atomic mass is 9.94. The van der Waals surface area contributed by atoms with Crippen molar-refractivity contribution in [2.75, 3.05) is 0 Å². The normalized spacial score (nSPS) is 10.8. The molecule has 110 valence electrons. The van der Waals surface area contributed by atoms with Gasteiger partial charge in [0, 0.05) is 27.9 Å². The summed E-state index contributed by atoms with van der Waals surface area (Å²) in [5.74, 6) is -0.0720. The number of carbonyl (C=O) groups is 1. The van der Waals surface area contributed by atoms with Gasteiger partial charge < -0.3 is 4.98 Å². The molecule has 0 spiro atoms. The minimum atomic E-state index is -0.266. The highest BCUT2D eigenvalue weighted by Gasteiger charge is 2.19. The molecule has 4 heteroatoms. The van der Waals surface area contributed by atoms with Crippen molar-refractivity contribution >= 4 is 28.3 Å². The lowest BCUT2D eigenvalue weighted by Gasteiger charge is -2.11. The number of hydrogen-bond donors (Lipinski definition) is 1. The van der Waals surface area contributed by atoms with Crippen LogP contribution in [0.5, 0.6) is 0 Å². The van der Waals surface area contributed by atoms with Crippen LogP contribution in [0.1, 0.15) is 23.7 Å². The van der Waals surface area contributed by atoms with Gasteiger partial charge in [0.1, 0.15) is 0 Å². The third-order valence-corrected chi connectivity index (χ3v) is 3.87. The van der Waals surface area contributed by atoms with Gasteiger partial charge in [0.2, 0.25) is 0 Å². The minimum absolute atomic E-state index is 0.0720. The number of H-pyrrole nitrogens is 1. The van der Waals surface area contributed by atoms with Gasteiger partial charge >= 0.3 is 0 Å². The number of fused-ring (bicyclic) bond motifs is 1. The molecule has 3 rings (SSSR count). The molecule has 0 aliphatic rings. The molecule has 3 nitrogen and oxygen atoms in total. The third kappa shape index (κ3) is 2.44. The second-order valence-electron chi connectivity index (χ2n) is 5.04. The summed E-state index contributed by atoms with van der Waals surface area (Å²) in [6.45, 7) is 1.79. The lowest BCUT2D eigenvalue weighted by Crippen LogP contribution is -2.15. The first-order valence-electron chi connectivity index (χ1n) is 7.06. The Bertz CT molecular complexity index is 914. The number of aromatic nitrogens is 1. The summed E-state index contributed by atoms with van der Waals surface area (Å²) >= 11 is 6.07. The van der Waals surface area contributed by atoms with Gasteiger partial charge in [-0.15, -0.1) is 0 Å². The monoisotopic (exact) mass is 311 g/mol. The number of benzene rings is 2.